The highest BCUT2D eigenvalue weighted by molar-refractivity contribution is 5.62. The number of nitro groups is 2. The van der Waals surface area contributed by atoms with E-state index in [2.05, 4.69) is 20.4 Å². The van der Waals surface area contributed by atoms with E-state index in [0.29, 0.717) is 33.8 Å². The molecule has 0 spiro atoms. The summed E-state index contributed by atoms with van der Waals surface area (Å²) >= 11 is 0. The third-order valence-corrected chi connectivity index (χ3v) is 5.90. The molecule has 2 heterocycles. The van der Waals surface area contributed by atoms with Crippen molar-refractivity contribution in [3.8, 4) is 57.3 Å². The zero-order valence-electron chi connectivity index (χ0n) is 20.8. The van der Waals surface area contributed by atoms with Gasteiger partial charge in [0.2, 0.25) is 23.6 Å². The minimum Gasteiger partial charge on any atom is -0.457 e. The van der Waals surface area contributed by atoms with Gasteiger partial charge in [-0.2, -0.15) is 0 Å². The van der Waals surface area contributed by atoms with Gasteiger partial charge in [0.25, 0.3) is 11.4 Å². The molecule has 0 amide bonds. The predicted molar refractivity (Wildman–Crippen MR) is 144 cm³/mol. The van der Waals surface area contributed by atoms with Gasteiger partial charge in [-0.1, -0.05) is 12.1 Å². The molecule has 0 unspecified atom stereocenters. The fraction of sp³-hybridized carbons (Fsp3) is 0. The van der Waals surface area contributed by atoms with Crippen molar-refractivity contribution in [2.24, 2.45) is 0 Å². The van der Waals surface area contributed by atoms with E-state index in [9.17, 15) is 20.2 Å². The molecule has 0 N–H and O–H groups in total. The van der Waals surface area contributed by atoms with Crippen molar-refractivity contribution in [1.29, 1.82) is 0 Å². The largest absolute Gasteiger partial charge is 0.457 e. The van der Waals surface area contributed by atoms with Gasteiger partial charge < -0.3 is 13.6 Å². The average Bonchev–Trinajstić information content (AvgIpc) is 3.69. The van der Waals surface area contributed by atoms with Crippen LogP contribution in [-0.2, 0) is 0 Å². The molecular formula is C28H16N6O7. The van der Waals surface area contributed by atoms with Gasteiger partial charge in [0.05, 0.1) is 9.85 Å². The van der Waals surface area contributed by atoms with E-state index in [0.717, 1.165) is 0 Å². The van der Waals surface area contributed by atoms with Gasteiger partial charge >= 0.3 is 0 Å². The summed E-state index contributed by atoms with van der Waals surface area (Å²) in [5, 5.41) is 38.2. The van der Waals surface area contributed by atoms with Crippen molar-refractivity contribution in [2.45, 2.75) is 0 Å². The van der Waals surface area contributed by atoms with Gasteiger partial charge in [0.15, 0.2) is 0 Å². The van der Waals surface area contributed by atoms with Crippen molar-refractivity contribution in [2.75, 3.05) is 0 Å². The monoisotopic (exact) mass is 548 g/mol. The molecule has 41 heavy (non-hydrogen) atoms. The van der Waals surface area contributed by atoms with Crippen LogP contribution in [0.4, 0.5) is 11.4 Å². The predicted octanol–water partition coefficient (Wildman–Crippen LogP) is 6.73. The van der Waals surface area contributed by atoms with Crippen molar-refractivity contribution in [3.05, 3.63) is 117 Å². The molecule has 4 aromatic carbocycles. The van der Waals surface area contributed by atoms with E-state index in [-0.39, 0.29) is 34.9 Å². The molecule has 200 valence electrons. The molecule has 6 rings (SSSR count). The summed E-state index contributed by atoms with van der Waals surface area (Å²) in [6, 6.07) is 25.9. The number of benzene rings is 4. The minimum absolute atomic E-state index is 0.0703. The number of hydrogen-bond donors (Lipinski definition) is 0. The Labute approximate surface area is 230 Å². The van der Waals surface area contributed by atoms with Gasteiger partial charge in [-0.15, -0.1) is 20.4 Å². The smallest absolute Gasteiger partial charge is 0.270 e. The maximum Gasteiger partial charge on any atom is 0.270 e. The number of rotatable bonds is 8. The van der Waals surface area contributed by atoms with Gasteiger partial charge in [-0.25, -0.2) is 0 Å². The van der Waals surface area contributed by atoms with Crippen LogP contribution in [0.25, 0.3) is 45.8 Å². The molecule has 13 heteroatoms. The molecule has 0 fully saturated rings. The fourth-order valence-corrected chi connectivity index (χ4v) is 3.89. The summed E-state index contributed by atoms with van der Waals surface area (Å²) < 4.78 is 17.3. The number of hydrogen-bond acceptors (Lipinski definition) is 11. The number of nitrogens with zero attached hydrogens (tertiary/aromatic N) is 6. The highest BCUT2D eigenvalue weighted by atomic mass is 16.6. The van der Waals surface area contributed by atoms with Gasteiger partial charge in [-0.05, 0) is 60.7 Å². The summed E-state index contributed by atoms with van der Waals surface area (Å²) in [6.45, 7) is 0. The Morgan fingerprint density at radius 3 is 1.24 bits per heavy atom. The Kier molecular flexibility index (Phi) is 6.41. The third-order valence-electron chi connectivity index (χ3n) is 5.90. The lowest BCUT2D eigenvalue weighted by Crippen LogP contribution is -1.88. The topological polar surface area (TPSA) is 173 Å². The lowest BCUT2D eigenvalue weighted by atomic mass is 10.2. The SMILES string of the molecule is O=[N+]([O-])c1cccc(-c2nnc(-c3ccc(Oc4ccc(-c5nnc(-c6cccc([N+](=O)[O-])c6)o5)cc4)cc3)o2)c1. The first kappa shape index (κ1) is 25.1. The Morgan fingerprint density at radius 2 is 0.878 bits per heavy atom. The Hall–Kier alpha value is -6.24. The molecule has 0 atom stereocenters. The molecule has 0 radical (unpaired) electrons. The summed E-state index contributed by atoms with van der Waals surface area (Å²) in [5.74, 6) is 1.97. The highest BCUT2D eigenvalue weighted by Gasteiger charge is 2.16. The lowest BCUT2D eigenvalue weighted by molar-refractivity contribution is -0.385. The van der Waals surface area contributed by atoms with E-state index >= 15 is 0 Å². The van der Waals surface area contributed by atoms with Crippen LogP contribution in [-0.4, -0.2) is 30.2 Å². The zero-order valence-corrected chi connectivity index (χ0v) is 20.8. The number of nitro benzene ring substituents is 2. The maximum absolute atomic E-state index is 11.0. The Morgan fingerprint density at radius 1 is 0.512 bits per heavy atom. The van der Waals surface area contributed by atoms with Crippen LogP contribution in [0.1, 0.15) is 0 Å². The van der Waals surface area contributed by atoms with Crippen LogP contribution >= 0.6 is 0 Å². The molecule has 0 aliphatic heterocycles. The van der Waals surface area contributed by atoms with Crippen LogP contribution < -0.4 is 4.74 Å². The molecule has 0 aliphatic rings. The van der Waals surface area contributed by atoms with Crippen LogP contribution in [0, 0.1) is 20.2 Å². The second kappa shape index (κ2) is 10.5. The summed E-state index contributed by atoms with van der Waals surface area (Å²) in [4.78, 5) is 21.1. The van der Waals surface area contributed by atoms with E-state index in [1.54, 1.807) is 72.8 Å². The maximum atomic E-state index is 11.0. The number of aromatic nitrogens is 4. The fourth-order valence-electron chi connectivity index (χ4n) is 3.89. The second-order valence-electron chi connectivity index (χ2n) is 8.59. The standard InChI is InChI=1S/C28H16N6O7/c35-33(36)21-5-1-3-19(15-21)27-31-29-25(40-27)17-7-11-23(12-8-17)39-24-13-9-18(10-14-24)26-30-32-28(41-26)20-4-2-6-22(16-20)34(37)38/h1-16H. The van der Waals surface area contributed by atoms with Crippen LogP contribution in [0.3, 0.4) is 0 Å². The molecular weight excluding hydrogens is 532 g/mol. The highest BCUT2D eigenvalue weighted by Crippen LogP contribution is 2.31. The van der Waals surface area contributed by atoms with Gasteiger partial charge in [0.1, 0.15) is 11.5 Å². The zero-order chi connectivity index (χ0) is 28.3. The number of non-ortho nitro benzene ring substituents is 2. The summed E-state index contributed by atoms with van der Waals surface area (Å²) in [7, 11) is 0. The second-order valence-corrected chi connectivity index (χ2v) is 8.59. The molecule has 6 aromatic rings. The first-order chi connectivity index (χ1) is 19.9. The van der Waals surface area contributed by atoms with Crippen molar-refractivity contribution < 1.29 is 23.4 Å². The summed E-state index contributed by atoms with van der Waals surface area (Å²) in [5.41, 5.74) is 2.04. The normalized spacial score (nSPS) is 10.8. The molecule has 13 nitrogen and oxygen atoms in total. The molecule has 2 aromatic heterocycles. The van der Waals surface area contributed by atoms with Crippen molar-refractivity contribution in [1.82, 2.24) is 20.4 Å². The first-order valence-corrected chi connectivity index (χ1v) is 12.0. The lowest BCUT2D eigenvalue weighted by Gasteiger charge is -2.06. The first-order valence-electron chi connectivity index (χ1n) is 12.0. The van der Waals surface area contributed by atoms with Crippen molar-refractivity contribution >= 4 is 11.4 Å². The van der Waals surface area contributed by atoms with Crippen LogP contribution in [0.5, 0.6) is 11.5 Å². The Bertz CT molecular complexity index is 1740. The van der Waals surface area contributed by atoms with Gasteiger partial charge in [0, 0.05) is 46.5 Å². The van der Waals surface area contributed by atoms with Crippen LogP contribution in [0.2, 0.25) is 0 Å². The van der Waals surface area contributed by atoms with E-state index in [1.165, 1.54) is 24.3 Å². The minimum atomic E-state index is -0.489. The van der Waals surface area contributed by atoms with E-state index < -0.39 is 9.85 Å². The third kappa shape index (κ3) is 5.35. The van der Waals surface area contributed by atoms with E-state index in [1.807, 2.05) is 0 Å². The van der Waals surface area contributed by atoms with Crippen molar-refractivity contribution in [3.63, 3.8) is 0 Å². The number of ether oxygens (including phenoxy) is 1. The molecule has 0 saturated carbocycles. The molecule has 0 bridgehead atoms. The average molecular weight is 548 g/mol. The molecule has 0 saturated heterocycles. The van der Waals surface area contributed by atoms with E-state index in [4.69, 9.17) is 13.6 Å². The molecule has 0 aliphatic carbocycles. The quantitative estimate of drug-likeness (QED) is 0.146. The van der Waals surface area contributed by atoms with Crippen LogP contribution in [0.15, 0.2) is 106 Å². The summed E-state index contributed by atoms with van der Waals surface area (Å²) in [6.07, 6.45) is 0. The Balaban J connectivity index is 1.12. The van der Waals surface area contributed by atoms with Gasteiger partial charge in [-0.3, -0.25) is 20.2 Å².